The summed E-state index contributed by atoms with van der Waals surface area (Å²) in [6.07, 6.45) is -3.23. The van der Waals surface area contributed by atoms with Crippen LogP contribution in [-0.4, -0.2) is 18.8 Å². The zero-order valence-electron chi connectivity index (χ0n) is 7.12. The molecule has 1 nitrogen and oxygen atoms in total. The molecule has 0 aliphatic heterocycles. The van der Waals surface area contributed by atoms with Crippen LogP contribution in [0.2, 0.25) is 0 Å². The largest absolute Gasteiger partial charge is 0.389 e. The van der Waals surface area contributed by atoms with Gasteiger partial charge < -0.3 is 5.32 Å². The van der Waals surface area contributed by atoms with E-state index in [-0.39, 0.29) is 12.5 Å². The van der Waals surface area contributed by atoms with E-state index >= 15 is 0 Å². The number of hydrogen-bond acceptors (Lipinski definition) is 1. The first-order chi connectivity index (χ1) is 5.49. The van der Waals surface area contributed by atoms with Crippen LogP contribution in [-0.2, 0) is 0 Å². The zero-order valence-corrected chi connectivity index (χ0v) is 7.12. The summed E-state index contributed by atoms with van der Waals surface area (Å²) in [5, 5.41) is 2.89. The predicted octanol–water partition coefficient (Wildman–Crippen LogP) is 2.49. The van der Waals surface area contributed by atoms with Crippen molar-refractivity contribution in [2.24, 2.45) is 0 Å². The summed E-state index contributed by atoms with van der Waals surface area (Å²) in [4.78, 5) is 0. The standard InChI is InChI=1S/C8H14F3N/c1-3-7(12-4-2)5-6-8(9,10)11/h3,7,12H,1,4-6H2,2H3. The van der Waals surface area contributed by atoms with Gasteiger partial charge in [-0.3, -0.25) is 0 Å². The van der Waals surface area contributed by atoms with Gasteiger partial charge in [0.15, 0.2) is 0 Å². The van der Waals surface area contributed by atoms with Crippen LogP contribution in [0.4, 0.5) is 13.2 Å². The molecule has 4 heteroatoms. The number of hydrogen-bond donors (Lipinski definition) is 1. The van der Waals surface area contributed by atoms with Crippen LogP contribution >= 0.6 is 0 Å². The van der Waals surface area contributed by atoms with E-state index in [1.807, 2.05) is 6.92 Å². The van der Waals surface area contributed by atoms with Crippen LogP contribution in [0.1, 0.15) is 19.8 Å². The summed E-state index contributed by atoms with van der Waals surface area (Å²) >= 11 is 0. The Hall–Kier alpha value is -0.510. The molecule has 0 rings (SSSR count). The van der Waals surface area contributed by atoms with E-state index in [2.05, 4.69) is 11.9 Å². The molecule has 0 aliphatic carbocycles. The van der Waals surface area contributed by atoms with E-state index in [0.717, 1.165) is 0 Å². The van der Waals surface area contributed by atoms with Gasteiger partial charge in [-0.1, -0.05) is 13.0 Å². The Morgan fingerprint density at radius 3 is 2.42 bits per heavy atom. The lowest BCUT2D eigenvalue weighted by Gasteiger charge is -2.14. The molecule has 0 amide bonds. The number of halogens is 3. The molecule has 0 spiro atoms. The van der Waals surface area contributed by atoms with Crippen LogP contribution in [0.25, 0.3) is 0 Å². The van der Waals surface area contributed by atoms with E-state index < -0.39 is 12.6 Å². The molecule has 1 unspecified atom stereocenters. The maximum absolute atomic E-state index is 11.7. The molecule has 0 aliphatic rings. The van der Waals surface area contributed by atoms with Crippen molar-refractivity contribution < 1.29 is 13.2 Å². The van der Waals surface area contributed by atoms with Gasteiger partial charge in [-0.2, -0.15) is 13.2 Å². The second kappa shape index (κ2) is 5.19. The molecular weight excluding hydrogens is 167 g/mol. The Balaban J connectivity index is 3.65. The summed E-state index contributed by atoms with van der Waals surface area (Å²) in [5.74, 6) is 0. The predicted molar refractivity (Wildman–Crippen MR) is 43.0 cm³/mol. The Morgan fingerprint density at radius 2 is 2.08 bits per heavy atom. The van der Waals surface area contributed by atoms with E-state index in [4.69, 9.17) is 0 Å². The minimum atomic E-state index is -4.06. The van der Waals surface area contributed by atoms with Gasteiger partial charge in [-0.05, 0) is 13.0 Å². The normalized spacial score (nSPS) is 14.3. The second-order valence-electron chi connectivity index (χ2n) is 2.55. The Bertz CT molecular complexity index is 131. The topological polar surface area (TPSA) is 12.0 Å². The SMILES string of the molecule is C=CC(CCC(F)(F)F)NCC. The summed E-state index contributed by atoms with van der Waals surface area (Å²) in [6.45, 7) is 5.96. The number of nitrogens with one attached hydrogen (secondary N) is 1. The average Bonchev–Trinajstić information content (AvgIpc) is 1.96. The Kier molecular flexibility index (Phi) is 4.97. The van der Waals surface area contributed by atoms with Gasteiger partial charge in [0.05, 0.1) is 0 Å². The molecule has 12 heavy (non-hydrogen) atoms. The van der Waals surface area contributed by atoms with Gasteiger partial charge in [0.2, 0.25) is 0 Å². The lowest BCUT2D eigenvalue weighted by atomic mass is 10.1. The highest BCUT2D eigenvalue weighted by Crippen LogP contribution is 2.22. The van der Waals surface area contributed by atoms with E-state index in [9.17, 15) is 13.2 Å². The lowest BCUT2D eigenvalue weighted by Crippen LogP contribution is -2.28. The van der Waals surface area contributed by atoms with Crippen LogP contribution in [0.15, 0.2) is 12.7 Å². The molecule has 0 aromatic rings. The van der Waals surface area contributed by atoms with Gasteiger partial charge in [0.25, 0.3) is 0 Å². The van der Waals surface area contributed by atoms with Gasteiger partial charge in [0, 0.05) is 12.5 Å². The number of likely N-dealkylation sites (N-methyl/N-ethyl adjacent to an activating group) is 1. The Morgan fingerprint density at radius 1 is 1.50 bits per heavy atom. The van der Waals surface area contributed by atoms with Crippen molar-refractivity contribution >= 4 is 0 Å². The smallest absolute Gasteiger partial charge is 0.311 e. The summed E-state index contributed by atoms with van der Waals surface area (Å²) < 4.78 is 35.2. The number of alkyl halides is 3. The minimum absolute atomic E-state index is 0.0703. The van der Waals surface area contributed by atoms with Crippen molar-refractivity contribution in [2.75, 3.05) is 6.54 Å². The molecule has 0 bridgehead atoms. The molecule has 0 fully saturated rings. The van der Waals surface area contributed by atoms with Crippen molar-refractivity contribution in [1.29, 1.82) is 0 Å². The Labute approximate surface area is 70.7 Å². The summed E-state index contributed by atoms with van der Waals surface area (Å²) in [5.41, 5.74) is 0. The fourth-order valence-corrected chi connectivity index (χ4v) is 0.885. The first-order valence-electron chi connectivity index (χ1n) is 3.92. The van der Waals surface area contributed by atoms with Crippen molar-refractivity contribution in [1.82, 2.24) is 5.32 Å². The maximum atomic E-state index is 11.7. The molecule has 0 saturated carbocycles. The first-order valence-corrected chi connectivity index (χ1v) is 3.92. The highest BCUT2D eigenvalue weighted by molar-refractivity contribution is 4.85. The van der Waals surface area contributed by atoms with Gasteiger partial charge in [-0.25, -0.2) is 0 Å². The first kappa shape index (κ1) is 11.5. The van der Waals surface area contributed by atoms with Crippen LogP contribution in [0, 0.1) is 0 Å². The van der Waals surface area contributed by atoms with Crippen LogP contribution < -0.4 is 5.32 Å². The van der Waals surface area contributed by atoms with Crippen molar-refractivity contribution in [2.45, 2.75) is 32.0 Å². The van der Waals surface area contributed by atoms with Crippen LogP contribution in [0.5, 0.6) is 0 Å². The third kappa shape index (κ3) is 6.22. The molecule has 1 N–H and O–H groups in total. The van der Waals surface area contributed by atoms with E-state index in [0.29, 0.717) is 6.54 Å². The van der Waals surface area contributed by atoms with Crippen molar-refractivity contribution in [3.05, 3.63) is 12.7 Å². The fraction of sp³-hybridized carbons (Fsp3) is 0.750. The second-order valence-corrected chi connectivity index (χ2v) is 2.55. The molecule has 0 aromatic heterocycles. The molecule has 0 radical (unpaired) electrons. The maximum Gasteiger partial charge on any atom is 0.389 e. The number of rotatable bonds is 5. The van der Waals surface area contributed by atoms with Gasteiger partial charge in [-0.15, -0.1) is 6.58 Å². The summed E-state index contributed by atoms with van der Waals surface area (Å²) in [7, 11) is 0. The third-order valence-electron chi connectivity index (χ3n) is 1.49. The van der Waals surface area contributed by atoms with Crippen LogP contribution in [0.3, 0.4) is 0 Å². The van der Waals surface area contributed by atoms with Crippen molar-refractivity contribution in [3.63, 3.8) is 0 Å². The van der Waals surface area contributed by atoms with Gasteiger partial charge in [0.1, 0.15) is 0 Å². The highest BCUT2D eigenvalue weighted by atomic mass is 19.4. The average molecular weight is 181 g/mol. The van der Waals surface area contributed by atoms with Gasteiger partial charge >= 0.3 is 6.18 Å². The minimum Gasteiger partial charge on any atom is -0.311 e. The van der Waals surface area contributed by atoms with E-state index in [1.54, 1.807) is 0 Å². The summed E-state index contributed by atoms with van der Waals surface area (Å²) in [6, 6.07) is -0.225. The molecule has 0 saturated heterocycles. The van der Waals surface area contributed by atoms with E-state index in [1.165, 1.54) is 6.08 Å². The molecule has 1 atom stereocenters. The third-order valence-corrected chi connectivity index (χ3v) is 1.49. The monoisotopic (exact) mass is 181 g/mol. The fourth-order valence-electron chi connectivity index (χ4n) is 0.885. The molecule has 0 heterocycles. The highest BCUT2D eigenvalue weighted by Gasteiger charge is 2.27. The zero-order chi connectivity index (χ0) is 9.61. The molecule has 72 valence electrons. The van der Waals surface area contributed by atoms with Crippen molar-refractivity contribution in [3.8, 4) is 0 Å². The quantitative estimate of drug-likeness (QED) is 0.642. The molecular formula is C8H14F3N. The molecule has 0 aromatic carbocycles. The lowest BCUT2D eigenvalue weighted by molar-refractivity contribution is -0.136.